The lowest BCUT2D eigenvalue weighted by Crippen LogP contribution is -2.43. The van der Waals surface area contributed by atoms with Crippen LogP contribution in [0.4, 0.5) is 0 Å². The van der Waals surface area contributed by atoms with Gasteiger partial charge < -0.3 is 9.63 Å². The summed E-state index contributed by atoms with van der Waals surface area (Å²) in [5.74, 6) is 0. The molecule has 0 aliphatic carbocycles. The Morgan fingerprint density at radius 2 is 2.13 bits per heavy atom. The van der Waals surface area contributed by atoms with E-state index in [0.29, 0.717) is 12.1 Å². The molecule has 2 unspecified atom stereocenters. The smallest absolute Gasteiger partial charge is 0.128 e. The largest absolute Gasteiger partial charge is 0.393 e. The fraction of sp³-hybridized carbons (Fsp3) is 0.727. The van der Waals surface area contributed by atoms with Crippen LogP contribution < -0.4 is 0 Å². The van der Waals surface area contributed by atoms with Gasteiger partial charge in [-0.3, -0.25) is 4.90 Å². The summed E-state index contributed by atoms with van der Waals surface area (Å²) in [6.07, 6.45) is 7.74. The van der Waals surface area contributed by atoms with Crippen molar-refractivity contribution >= 4 is 0 Å². The molecule has 4 nitrogen and oxygen atoms in total. The van der Waals surface area contributed by atoms with Crippen LogP contribution in [0.25, 0.3) is 0 Å². The highest BCUT2D eigenvalue weighted by Crippen LogP contribution is 2.36. The van der Waals surface area contributed by atoms with Gasteiger partial charge in [-0.1, -0.05) is 5.16 Å². The molecule has 0 radical (unpaired) electrons. The van der Waals surface area contributed by atoms with Crippen LogP contribution in [-0.2, 0) is 6.54 Å². The van der Waals surface area contributed by atoms with Gasteiger partial charge >= 0.3 is 0 Å². The van der Waals surface area contributed by atoms with Crippen molar-refractivity contribution in [3.63, 3.8) is 0 Å². The van der Waals surface area contributed by atoms with Crippen molar-refractivity contribution in [3.8, 4) is 0 Å². The van der Waals surface area contributed by atoms with E-state index in [1.165, 1.54) is 12.8 Å². The maximum Gasteiger partial charge on any atom is 0.128 e. The SMILES string of the molecule is OC1CC2CCC(C1)N2Cc1cnoc1. The van der Waals surface area contributed by atoms with Crippen molar-refractivity contribution in [3.05, 3.63) is 18.0 Å². The van der Waals surface area contributed by atoms with Crippen LogP contribution in [0, 0.1) is 0 Å². The second kappa shape index (κ2) is 3.61. The number of hydrogen-bond donors (Lipinski definition) is 1. The molecule has 4 heteroatoms. The Labute approximate surface area is 88.9 Å². The molecule has 2 atom stereocenters. The zero-order valence-corrected chi connectivity index (χ0v) is 8.67. The summed E-state index contributed by atoms with van der Waals surface area (Å²) in [6.45, 7) is 0.922. The number of nitrogens with zero attached hydrogens (tertiary/aromatic N) is 2. The fourth-order valence-electron chi connectivity index (χ4n) is 3.02. The van der Waals surface area contributed by atoms with E-state index in [2.05, 4.69) is 10.1 Å². The zero-order valence-electron chi connectivity index (χ0n) is 8.67. The van der Waals surface area contributed by atoms with E-state index >= 15 is 0 Å². The summed E-state index contributed by atoms with van der Waals surface area (Å²) in [7, 11) is 0. The van der Waals surface area contributed by atoms with E-state index in [9.17, 15) is 5.11 Å². The second-order valence-electron chi connectivity index (χ2n) is 4.72. The minimum Gasteiger partial charge on any atom is -0.393 e. The number of aliphatic hydroxyl groups excluding tert-OH is 1. The molecule has 3 heterocycles. The topological polar surface area (TPSA) is 49.5 Å². The van der Waals surface area contributed by atoms with Crippen LogP contribution >= 0.6 is 0 Å². The van der Waals surface area contributed by atoms with Crippen LogP contribution in [0.3, 0.4) is 0 Å². The minimum absolute atomic E-state index is 0.0822. The lowest BCUT2D eigenvalue weighted by Gasteiger charge is -2.36. The molecule has 3 rings (SSSR count). The monoisotopic (exact) mass is 208 g/mol. The van der Waals surface area contributed by atoms with Gasteiger partial charge in [0.1, 0.15) is 6.26 Å². The highest BCUT2D eigenvalue weighted by Gasteiger charge is 2.39. The van der Waals surface area contributed by atoms with Gasteiger partial charge in [-0.25, -0.2) is 0 Å². The quantitative estimate of drug-likeness (QED) is 0.792. The third kappa shape index (κ3) is 1.68. The Hall–Kier alpha value is -0.870. The molecule has 2 aliphatic heterocycles. The Kier molecular flexibility index (Phi) is 2.25. The van der Waals surface area contributed by atoms with Crippen LogP contribution in [0.1, 0.15) is 31.2 Å². The van der Waals surface area contributed by atoms with Gasteiger partial charge in [0.2, 0.25) is 0 Å². The van der Waals surface area contributed by atoms with Crippen molar-refractivity contribution in [1.82, 2.24) is 10.1 Å². The molecule has 0 saturated carbocycles. The van der Waals surface area contributed by atoms with Gasteiger partial charge in [-0.2, -0.15) is 0 Å². The third-order valence-corrected chi connectivity index (χ3v) is 3.71. The lowest BCUT2D eigenvalue weighted by molar-refractivity contribution is 0.0309. The Bertz CT molecular complexity index is 311. The lowest BCUT2D eigenvalue weighted by atomic mass is 9.99. The van der Waals surface area contributed by atoms with Gasteiger partial charge in [-0.15, -0.1) is 0 Å². The molecule has 0 spiro atoms. The molecule has 2 aliphatic rings. The van der Waals surface area contributed by atoms with E-state index in [-0.39, 0.29) is 6.10 Å². The average molecular weight is 208 g/mol. The predicted molar refractivity (Wildman–Crippen MR) is 54.1 cm³/mol. The van der Waals surface area contributed by atoms with E-state index in [1.807, 2.05) is 0 Å². The van der Waals surface area contributed by atoms with Gasteiger partial charge in [0.25, 0.3) is 0 Å². The summed E-state index contributed by atoms with van der Waals surface area (Å²) >= 11 is 0. The summed E-state index contributed by atoms with van der Waals surface area (Å²) in [5.41, 5.74) is 1.14. The third-order valence-electron chi connectivity index (χ3n) is 3.71. The molecule has 82 valence electrons. The van der Waals surface area contributed by atoms with E-state index < -0.39 is 0 Å². The van der Waals surface area contributed by atoms with Crippen LogP contribution in [0.5, 0.6) is 0 Å². The Balaban J connectivity index is 1.72. The number of hydrogen-bond acceptors (Lipinski definition) is 4. The summed E-state index contributed by atoms with van der Waals surface area (Å²) < 4.78 is 4.84. The highest BCUT2D eigenvalue weighted by atomic mass is 16.5. The van der Waals surface area contributed by atoms with Gasteiger partial charge in [0.15, 0.2) is 0 Å². The van der Waals surface area contributed by atoms with Gasteiger partial charge in [0, 0.05) is 24.2 Å². The first-order valence-electron chi connectivity index (χ1n) is 5.65. The van der Waals surface area contributed by atoms with Crippen molar-refractivity contribution in [2.45, 2.75) is 50.4 Å². The fourth-order valence-corrected chi connectivity index (χ4v) is 3.02. The second-order valence-corrected chi connectivity index (χ2v) is 4.72. The summed E-state index contributed by atoms with van der Waals surface area (Å²) in [6, 6.07) is 1.13. The van der Waals surface area contributed by atoms with Crippen molar-refractivity contribution < 1.29 is 9.63 Å². The molecule has 2 saturated heterocycles. The normalized spacial score (nSPS) is 35.9. The summed E-state index contributed by atoms with van der Waals surface area (Å²) in [4.78, 5) is 2.50. The average Bonchev–Trinajstić information content (AvgIpc) is 2.77. The Morgan fingerprint density at radius 3 is 2.73 bits per heavy atom. The molecule has 2 bridgehead atoms. The minimum atomic E-state index is -0.0822. The predicted octanol–water partition coefficient (Wildman–Crippen LogP) is 1.16. The van der Waals surface area contributed by atoms with Crippen LogP contribution in [-0.4, -0.2) is 33.4 Å². The van der Waals surface area contributed by atoms with Crippen molar-refractivity contribution in [2.75, 3.05) is 0 Å². The molecular formula is C11H16N2O2. The summed E-state index contributed by atoms with van der Waals surface area (Å²) in [5, 5.41) is 13.4. The first-order chi connectivity index (χ1) is 7.33. The molecule has 1 aromatic rings. The van der Waals surface area contributed by atoms with E-state index in [4.69, 9.17) is 4.52 Å². The van der Waals surface area contributed by atoms with Crippen LogP contribution in [0.2, 0.25) is 0 Å². The number of piperidine rings is 1. The molecule has 2 fully saturated rings. The maximum absolute atomic E-state index is 9.68. The first kappa shape index (κ1) is 9.36. The number of fused-ring (bicyclic) bond motifs is 2. The van der Waals surface area contributed by atoms with Crippen LogP contribution in [0.15, 0.2) is 17.0 Å². The van der Waals surface area contributed by atoms with E-state index in [1.54, 1.807) is 12.5 Å². The molecule has 0 amide bonds. The molecule has 0 aromatic carbocycles. The van der Waals surface area contributed by atoms with E-state index in [0.717, 1.165) is 24.9 Å². The zero-order chi connectivity index (χ0) is 10.3. The maximum atomic E-state index is 9.68. The van der Waals surface area contributed by atoms with Crippen molar-refractivity contribution in [1.29, 1.82) is 0 Å². The first-order valence-corrected chi connectivity index (χ1v) is 5.65. The Morgan fingerprint density at radius 1 is 1.40 bits per heavy atom. The highest BCUT2D eigenvalue weighted by molar-refractivity contribution is 5.04. The van der Waals surface area contributed by atoms with Gasteiger partial charge in [-0.05, 0) is 25.7 Å². The molecule has 15 heavy (non-hydrogen) atoms. The molecule has 1 aromatic heterocycles. The number of aliphatic hydroxyl groups is 1. The van der Waals surface area contributed by atoms with Gasteiger partial charge in [0.05, 0.1) is 12.3 Å². The molecular weight excluding hydrogens is 192 g/mol. The molecule has 1 N–H and O–H groups in total. The number of aromatic nitrogens is 1. The van der Waals surface area contributed by atoms with Crippen molar-refractivity contribution in [2.24, 2.45) is 0 Å². The standard InChI is InChI=1S/C11H16N2O2/c14-11-3-9-1-2-10(4-11)13(9)6-8-5-12-15-7-8/h5,7,9-11,14H,1-4,6H2. The number of rotatable bonds is 2.